The van der Waals surface area contributed by atoms with Gasteiger partial charge in [-0.15, -0.1) is 0 Å². The summed E-state index contributed by atoms with van der Waals surface area (Å²) in [4.78, 5) is 36.5. The molecular formula is C29H29F3N6O4. The standard InChI is InChI=1S/C29H29F3N6O4/c1-16-11-19-20(14-38(16)25(39)27(2,3)4)33-15-34-24(19)41-18-5-6-21-17(12-18)7-10-37(21)26(40)35-23-13-22(42-36-23)28(8-9-28)29(30,31)32/h5-7,10,12-13,15-16H,8-9,11,14H2,1-4H3,(H,35,36,40)/t16-/m0/s1. The van der Waals surface area contributed by atoms with Crippen LogP contribution in [0, 0.1) is 5.41 Å². The summed E-state index contributed by atoms with van der Waals surface area (Å²) in [5.41, 5.74) is -0.411. The van der Waals surface area contributed by atoms with Crippen molar-refractivity contribution in [3.05, 3.63) is 59.9 Å². The predicted octanol–water partition coefficient (Wildman–Crippen LogP) is 6.21. The molecule has 0 spiro atoms. The Morgan fingerprint density at radius 1 is 1.12 bits per heavy atom. The van der Waals surface area contributed by atoms with Gasteiger partial charge in [0.1, 0.15) is 17.5 Å². The zero-order valence-electron chi connectivity index (χ0n) is 23.5. The largest absolute Gasteiger partial charge is 0.439 e. The second kappa shape index (κ2) is 9.57. The smallest absolute Gasteiger partial charge is 0.401 e. The zero-order valence-corrected chi connectivity index (χ0v) is 23.5. The number of nitrogens with one attached hydrogen (secondary N) is 1. The van der Waals surface area contributed by atoms with Crippen molar-refractivity contribution in [2.75, 3.05) is 5.32 Å². The molecule has 4 heterocycles. The van der Waals surface area contributed by atoms with E-state index in [0.717, 1.165) is 17.3 Å². The maximum absolute atomic E-state index is 13.4. The lowest BCUT2D eigenvalue weighted by molar-refractivity contribution is -0.165. The topological polar surface area (TPSA) is 115 Å². The Bertz CT molecular complexity index is 1700. The number of carbonyl (C=O) groups is 2. The van der Waals surface area contributed by atoms with Gasteiger partial charge in [-0.05, 0) is 50.5 Å². The number of hydrogen-bond donors (Lipinski definition) is 1. The predicted molar refractivity (Wildman–Crippen MR) is 145 cm³/mol. The molecule has 13 heteroatoms. The fourth-order valence-corrected chi connectivity index (χ4v) is 5.28. The van der Waals surface area contributed by atoms with E-state index in [9.17, 15) is 22.8 Å². The molecule has 1 aliphatic heterocycles. The van der Waals surface area contributed by atoms with Gasteiger partial charge in [-0.2, -0.15) is 13.2 Å². The highest BCUT2D eigenvalue weighted by atomic mass is 19.4. The Balaban J connectivity index is 1.18. The highest BCUT2D eigenvalue weighted by Gasteiger charge is 2.67. The number of benzene rings is 1. The van der Waals surface area contributed by atoms with Gasteiger partial charge >= 0.3 is 12.2 Å². The Morgan fingerprint density at radius 2 is 1.88 bits per heavy atom. The number of aromatic nitrogens is 4. The van der Waals surface area contributed by atoms with Crippen LogP contribution in [0.1, 0.15) is 57.6 Å². The molecule has 2 aliphatic rings. The van der Waals surface area contributed by atoms with Gasteiger partial charge in [0, 0.05) is 34.7 Å². The third kappa shape index (κ3) is 4.76. The molecule has 0 bridgehead atoms. The minimum atomic E-state index is -4.45. The van der Waals surface area contributed by atoms with Crippen LogP contribution in [0.3, 0.4) is 0 Å². The summed E-state index contributed by atoms with van der Waals surface area (Å²) in [5.74, 6) is 0.542. The van der Waals surface area contributed by atoms with Gasteiger partial charge in [0.2, 0.25) is 11.8 Å². The van der Waals surface area contributed by atoms with Crippen LogP contribution in [-0.4, -0.2) is 48.7 Å². The van der Waals surface area contributed by atoms with Crippen LogP contribution >= 0.6 is 0 Å². The molecule has 1 saturated carbocycles. The number of hydrogen-bond acceptors (Lipinski definition) is 7. The lowest BCUT2D eigenvalue weighted by atomic mass is 9.91. The average molecular weight is 583 g/mol. The van der Waals surface area contributed by atoms with Crippen molar-refractivity contribution in [1.29, 1.82) is 0 Å². The second-order valence-corrected chi connectivity index (χ2v) is 11.9. The number of halogens is 3. The SMILES string of the molecule is C[C@H]1Cc2c(ncnc2Oc2ccc3c(ccn3C(=O)Nc3cc(C4(C(F)(F)F)CC4)on3)c2)CN1C(=O)C(C)(C)C. The number of fused-ring (bicyclic) bond motifs is 2. The summed E-state index contributed by atoms with van der Waals surface area (Å²) in [7, 11) is 0. The first-order valence-electron chi connectivity index (χ1n) is 13.5. The number of nitrogens with zero attached hydrogens (tertiary/aromatic N) is 5. The Morgan fingerprint density at radius 3 is 2.57 bits per heavy atom. The summed E-state index contributed by atoms with van der Waals surface area (Å²) in [6.07, 6.45) is -1.09. The molecule has 220 valence electrons. The maximum atomic E-state index is 13.4. The second-order valence-electron chi connectivity index (χ2n) is 11.9. The van der Waals surface area contributed by atoms with Gasteiger partial charge in [-0.25, -0.2) is 14.8 Å². The number of alkyl halides is 3. The lowest BCUT2D eigenvalue weighted by Gasteiger charge is -2.38. The molecular weight excluding hydrogens is 553 g/mol. The molecule has 1 aliphatic carbocycles. The Kier molecular flexibility index (Phi) is 6.32. The van der Waals surface area contributed by atoms with Gasteiger partial charge < -0.3 is 14.2 Å². The molecule has 0 saturated heterocycles. The van der Waals surface area contributed by atoms with Crippen LogP contribution in [0.5, 0.6) is 11.6 Å². The number of amides is 2. The fourth-order valence-electron chi connectivity index (χ4n) is 5.28. The van der Waals surface area contributed by atoms with Crippen LogP contribution in [0.15, 0.2) is 47.4 Å². The van der Waals surface area contributed by atoms with Gasteiger partial charge in [0.05, 0.1) is 17.8 Å². The van der Waals surface area contributed by atoms with Crippen molar-refractivity contribution >= 4 is 28.7 Å². The summed E-state index contributed by atoms with van der Waals surface area (Å²) in [6.45, 7) is 8.04. The van der Waals surface area contributed by atoms with Crippen LogP contribution in [0.4, 0.5) is 23.8 Å². The van der Waals surface area contributed by atoms with Crippen LogP contribution < -0.4 is 10.1 Å². The minimum absolute atomic E-state index is 0.0536. The number of ether oxygens (including phenoxy) is 1. The first-order valence-corrected chi connectivity index (χ1v) is 13.5. The normalized spacial score (nSPS) is 18.1. The van der Waals surface area contributed by atoms with Crippen molar-refractivity contribution < 1.29 is 32.0 Å². The van der Waals surface area contributed by atoms with E-state index in [2.05, 4.69) is 20.4 Å². The fraction of sp³-hybridized carbons (Fsp3) is 0.414. The maximum Gasteiger partial charge on any atom is 0.401 e. The average Bonchev–Trinajstić information content (AvgIpc) is 3.44. The number of anilines is 1. The van der Waals surface area contributed by atoms with E-state index >= 15 is 0 Å². The third-order valence-corrected chi connectivity index (χ3v) is 7.85. The van der Waals surface area contributed by atoms with Crippen LogP contribution in [0.2, 0.25) is 0 Å². The van der Waals surface area contributed by atoms with E-state index in [4.69, 9.17) is 9.26 Å². The molecule has 1 aromatic carbocycles. The molecule has 4 aromatic rings. The molecule has 10 nitrogen and oxygen atoms in total. The minimum Gasteiger partial charge on any atom is -0.439 e. The van der Waals surface area contributed by atoms with Crippen molar-refractivity contribution in [2.24, 2.45) is 5.41 Å². The molecule has 0 unspecified atom stereocenters. The molecule has 6 rings (SSSR count). The van der Waals surface area contributed by atoms with E-state index in [1.165, 1.54) is 17.1 Å². The van der Waals surface area contributed by atoms with Crippen molar-refractivity contribution in [1.82, 2.24) is 24.6 Å². The highest BCUT2D eigenvalue weighted by molar-refractivity contribution is 5.98. The number of carbonyl (C=O) groups excluding carboxylic acids is 2. The zero-order chi connectivity index (χ0) is 30.0. The molecule has 42 heavy (non-hydrogen) atoms. The summed E-state index contributed by atoms with van der Waals surface area (Å²) in [6, 6.07) is 7.31. The van der Waals surface area contributed by atoms with E-state index < -0.39 is 23.0 Å². The first-order chi connectivity index (χ1) is 19.8. The molecule has 1 fully saturated rings. The van der Waals surface area contributed by atoms with Gasteiger partial charge in [-0.1, -0.05) is 25.9 Å². The molecule has 2 amide bonds. The van der Waals surface area contributed by atoms with Crippen LogP contribution in [-0.2, 0) is 23.2 Å². The monoisotopic (exact) mass is 582 g/mol. The van der Waals surface area contributed by atoms with Crippen molar-refractivity contribution in [3.63, 3.8) is 0 Å². The van der Waals surface area contributed by atoms with Crippen LogP contribution in [0.25, 0.3) is 10.9 Å². The molecule has 0 radical (unpaired) electrons. The highest BCUT2D eigenvalue weighted by Crippen LogP contribution is 2.59. The molecule has 1 atom stereocenters. The molecule has 3 aromatic heterocycles. The van der Waals surface area contributed by atoms with Gasteiger partial charge in [0.15, 0.2) is 11.6 Å². The Hall–Kier alpha value is -4.42. The Labute approximate surface area is 238 Å². The van der Waals surface area contributed by atoms with E-state index in [1.807, 2.05) is 32.6 Å². The van der Waals surface area contributed by atoms with E-state index in [1.54, 1.807) is 24.3 Å². The summed E-state index contributed by atoms with van der Waals surface area (Å²) < 4.78 is 52.6. The summed E-state index contributed by atoms with van der Waals surface area (Å²) >= 11 is 0. The third-order valence-electron chi connectivity index (χ3n) is 7.85. The van der Waals surface area contributed by atoms with Gasteiger partial charge in [-0.3, -0.25) is 14.7 Å². The first kappa shape index (κ1) is 27.7. The molecule has 1 N–H and O–H groups in total. The number of rotatable bonds is 4. The van der Waals surface area contributed by atoms with Crippen molar-refractivity contribution in [3.8, 4) is 11.6 Å². The van der Waals surface area contributed by atoms with E-state index in [-0.39, 0.29) is 36.4 Å². The lowest BCUT2D eigenvalue weighted by Crippen LogP contribution is -2.47. The van der Waals surface area contributed by atoms with Crippen molar-refractivity contribution in [2.45, 2.75) is 71.1 Å². The van der Waals surface area contributed by atoms with Gasteiger partial charge in [0.25, 0.3) is 0 Å². The van der Waals surface area contributed by atoms with E-state index in [0.29, 0.717) is 35.5 Å². The quantitative estimate of drug-likeness (QED) is 0.304. The summed E-state index contributed by atoms with van der Waals surface area (Å²) in [5, 5.41) is 6.81.